The molecular formula is C11H21NO. The minimum atomic E-state index is 0.818. The minimum Gasteiger partial charge on any atom is -0.497 e. The van der Waals surface area contributed by atoms with Crippen molar-refractivity contribution in [1.29, 1.82) is 0 Å². The molecule has 13 heavy (non-hydrogen) atoms. The van der Waals surface area contributed by atoms with E-state index < -0.39 is 0 Å². The Bertz CT molecular complexity index is 150. The van der Waals surface area contributed by atoms with Crippen LogP contribution in [0.1, 0.15) is 32.6 Å². The highest BCUT2D eigenvalue weighted by Crippen LogP contribution is 2.08. The number of nitrogens with zero attached hydrogens (tertiary/aromatic N) is 1. The van der Waals surface area contributed by atoms with Crippen LogP contribution in [-0.2, 0) is 4.74 Å². The fraction of sp³-hybridized carbons (Fsp3) is 0.818. The van der Waals surface area contributed by atoms with Gasteiger partial charge in [-0.15, -0.1) is 0 Å². The first-order valence-electron chi connectivity index (χ1n) is 5.36. The molecule has 1 heterocycles. The summed E-state index contributed by atoms with van der Waals surface area (Å²) in [5.74, 6) is 0.946. The lowest BCUT2D eigenvalue weighted by Gasteiger charge is -2.15. The Morgan fingerprint density at radius 2 is 2.08 bits per heavy atom. The van der Waals surface area contributed by atoms with Gasteiger partial charge in [-0.3, -0.25) is 4.90 Å². The van der Waals surface area contributed by atoms with Gasteiger partial charge in [0, 0.05) is 13.0 Å². The van der Waals surface area contributed by atoms with E-state index in [0.717, 1.165) is 31.8 Å². The molecule has 1 fully saturated rings. The Morgan fingerprint density at radius 3 is 2.69 bits per heavy atom. The molecule has 0 radical (unpaired) electrons. The van der Waals surface area contributed by atoms with Gasteiger partial charge >= 0.3 is 0 Å². The summed E-state index contributed by atoms with van der Waals surface area (Å²) in [7, 11) is 0. The minimum absolute atomic E-state index is 0.818. The number of likely N-dealkylation sites (tertiary alicyclic amines) is 1. The van der Waals surface area contributed by atoms with Gasteiger partial charge < -0.3 is 4.74 Å². The fourth-order valence-electron chi connectivity index (χ4n) is 1.68. The van der Waals surface area contributed by atoms with Crippen molar-refractivity contribution >= 4 is 0 Å². The predicted octanol–water partition coefficient (Wildman–Crippen LogP) is 2.41. The smallest absolute Gasteiger partial charge is 0.100 e. The number of hydrogen-bond acceptors (Lipinski definition) is 2. The molecule has 2 nitrogen and oxygen atoms in total. The molecule has 0 atom stereocenters. The predicted molar refractivity (Wildman–Crippen MR) is 55.7 cm³/mol. The summed E-state index contributed by atoms with van der Waals surface area (Å²) < 4.78 is 5.51. The summed E-state index contributed by atoms with van der Waals surface area (Å²) in [6, 6.07) is 0. The lowest BCUT2D eigenvalue weighted by Crippen LogP contribution is -2.23. The van der Waals surface area contributed by atoms with E-state index in [1.165, 1.54) is 25.9 Å². The molecule has 2 heteroatoms. The largest absolute Gasteiger partial charge is 0.497 e. The zero-order valence-corrected chi connectivity index (χ0v) is 8.72. The van der Waals surface area contributed by atoms with Gasteiger partial charge in [0.25, 0.3) is 0 Å². The Hall–Kier alpha value is -0.500. The number of hydrogen-bond donors (Lipinski definition) is 0. The number of ether oxygens (including phenoxy) is 1. The van der Waals surface area contributed by atoms with Crippen molar-refractivity contribution in [3.63, 3.8) is 0 Å². The van der Waals surface area contributed by atoms with Crippen molar-refractivity contribution in [3.05, 3.63) is 12.3 Å². The van der Waals surface area contributed by atoms with E-state index in [1.54, 1.807) is 0 Å². The van der Waals surface area contributed by atoms with E-state index in [9.17, 15) is 0 Å². The van der Waals surface area contributed by atoms with Gasteiger partial charge in [-0.05, 0) is 32.4 Å². The first-order valence-corrected chi connectivity index (χ1v) is 5.36. The molecule has 0 N–H and O–H groups in total. The zero-order chi connectivity index (χ0) is 9.52. The summed E-state index contributed by atoms with van der Waals surface area (Å²) in [4.78, 5) is 2.46. The topological polar surface area (TPSA) is 12.5 Å². The van der Waals surface area contributed by atoms with Gasteiger partial charge in [0.1, 0.15) is 6.61 Å². The first kappa shape index (κ1) is 10.6. The summed E-state index contributed by atoms with van der Waals surface area (Å²) in [5, 5.41) is 0. The van der Waals surface area contributed by atoms with Crippen molar-refractivity contribution < 1.29 is 4.74 Å². The summed E-state index contributed by atoms with van der Waals surface area (Å²) in [6.45, 7) is 10.4. The van der Waals surface area contributed by atoms with Crippen LogP contribution in [-0.4, -0.2) is 31.1 Å². The van der Waals surface area contributed by atoms with Crippen LogP contribution in [0.2, 0.25) is 0 Å². The van der Waals surface area contributed by atoms with Crippen molar-refractivity contribution in [2.75, 3.05) is 26.2 Å². The molecule has 1 rings (SSSR count). The molecule has 0 spiro atoms. The quantitative estimate of drug-likeness (QED) is 0.586. The fourth-order valence-corrected chi connectivity index (χ4v) is 1.68. The van der Waals surface area contributed by atoms with Crippen LogP contribution in [0.5, 0.6) is 0 Å². The van der Waals surface area contributed by atoms with Crippen molar-refractivity contribution in [2.45, 2.75) is 32.6 Å². The molecule has 0 amide bonds. The maximum absolute atomic E-state index is 5.51. The highest BCUT2D eigenvalue weighted by atomic mass is 16.5. The maximum atomic E-state index is 5.51. The van der Waals surface area contributed by atoms with Crippen molar-refractivity contribution in [3.8, 4) is 0 Å². The highest BCUT2D eigenvalue weighted by molar-refractivity contribution is 4.81. The van der Waals surface area contributed by atoms with Gasteiger partial charge in [0.05, 0.1) is 5.76 Å². The van der Waals surface area contributed by atoms with Gasteiger partial charge in [0.2, 0.25) is 0 Å². The third-order valence-corrected chi connectivity index (χ3v) is 2.44. The molecule has 0 saturated carbocycles. The average molecular weight is 183 g/mol. The van der Waals surface area contributed by atoms with Gasteiger partial charge in [-0.1, -0.05) is 13.5 Å². The molecule has 0 aliphatic carbocycles. The lowest BCUT2D eigenvalue weighted by molar-refractivity contribution is 0.165. The molecule has 0 bridgehead atoms. The SMILES string of the molecule is C=C(CCC)OCCN1CCCC1. The van der Waals surface area contributed by atoms with Crippen LogP contribution in [0.15, 0.2) is 12.3 Å². The van der Waals surface area contributed by atoms with E-state index >= 15 is 0 Å². The summed E-state index contributed by atoms with van der Waals surface area (Å²) in [5.41, 5.74) is 0. The summed E-state index contributed by atoms with van der Waals surface area (Å²) >= 11 is 0. The molecule has 76 valence electrons. The lowest BCUT2D eigenvalue weighted by atomic mass is 10.3. The average Bonchev–Trinajstić information content (AvgIpc) is 2.57. The van der Waals surface area contributed by atoms with Crippen molar-refractivity contribution in [1.82, 2.24) is 4.90 Å². The second-order valence-corrected chi connectivity index (χ2v) is 3.69. The first-order chi connectivity index (χ1) is 6.33. The van der Waals surface area contributed by atoms with Crippen LogP contribution in [0, 0.1) is 0 Å². The molecule has 0 aromatic rings. The molecule has 1 aliphatic heterocycles. The molecular weight excluding hydrogens is 162 g/mol. The monoisotopic (exact) mass is 183 g/mol. The standard InChI is InChI=1S/C11H21NO/c1-3-6-11(2)13-10-9-12-7-4-5-8-12/h2-10H2,1H3. The summed E-state index contributed by atoms with van der Waals surface area (Å²) in [6.07, 6.45) is 4.84. The van der Waals surface area contributed by atoms with Crippen LogP contribution >= 0.6 is 0 Å². The van der Waals surface area contributed by atoms with Crippen molar-refractivity contribution in [2.24, 2.45) is 0 Å². The normalized spacial score (nSPS) is 17.6. The Kier molecular flexibility index (Phi) is 4.91. The Morgan fingerprint density at radius 1 is 1.38 bits per heavy atom. The maximum Gasteiger partial charge on any atom is 0.100 e. The van der Waals surface area contributed by atoms with Gasteiger partial charge in [-0.25, -0.2) is 0 Å². The van der Waals surface area contributed by atoms with Gasteiger partial charge in [-0.2, -0.15) is 0 Å². The van der Waals surface area contributed by atoms with Crippen LogP contribution in [0.25, 0.3) is 0 Å². The third kappa shape index (κ3) is 4.32. The second kappa shape index (κ2) is 6.03. The van der Waals surface area contributed by atoms with E-state index in [2.05, 4.69) is 18.4 Å². The van der Waals surface area contributed by atoms with Crippen LogP contribution in [0.4, 0.5) is 0 Å². The Balaban J connectivity index is 1.96. The molecule has 0 aromatic heterocycles. The van der Waals surface area contributed by atoms with E-state index in [-0.39, 0.29) is 0 Å². The highest BCUT2D eigenvalue weighted by Gasteiger charge is 2.10. The number of allylic oxidation sites excluding steroid dienone is 1. The van der Waals surface area contributed by atoms with Crippen LogP contribution < -0.4 is 0 Å². The molecule has 0 aromatic carbocycles. The Labute approximate surface area is 81.6 Å². The van der Waals surface area contributed by atoms with E-state index in [4.69, 9.17) is 4.74 Å². The molecule has 0 unspecified atom stereocenters. The van der Waals surface area contributed by atoms with E-state index in [0.29, 0.717) is 0 Å². The van der Waals surface area contributed by atoms with E-state index in [1.807, 2.05) is 0 Å². The zero-order valence-electron chi connectivity index (χ0n) is 8.72. The third-order valence-electron chi connectivity index (χ3n) is 2.44. The number of rotatable bonds is 6. The molecule has 1 aliphatic rings. The van der Waals surface area contributed by atoms with Gasteiger partial charge in [0.15, 0.2) is 0 Å². The van der Waals surface area contributed by atoms with Crippen LogP contribution in [0.3, 0.4) is 0 Å². The molecule has 1 saturated heterocycles. The second-order valence-electron chi connectivity index (χ2n) is 3.69.